The second-order valence-electron chi connectivity index (χ2n) is 1.63. The molecule has 0 N–H and O–H groups in total. The van der Waals surface area contributed by atoms with Crippen LogP contribution in [0.1, 0.15) is 6.92 Å². The van der Waals surface area contributed by atoms with Crippen molar-refractivity contribution in [3.05, 3.63) is 0 Å². The Morgan fingerprint density at radius 2 is 2.40 bits per heavy atom. The maximum Gasteiger partial charge on any atom is 0.130 e. The molecule has 0 heterocycles. The molecule has 0 rings (SSSR count). The van der Waals surface area contributed by atoms with E-state index in [9.17, 15) is 0 Å². The van der Waals surface area contributed by atoms with Crippen LogP contribution in [0.25, 0.3) is 0 Å². The van der Waals surface area contributed by atoms with Gasteiger partial charge in [-0.25, -0.2) is 5.01 Å². The molecule has 0 fully saturated rings. The molecule has 0 amide bonds. The molecule has 0 spiro atoms. The Kier molecular flexibility index (Phi) is 3.89. The summed E-state index contributed by atoms with van der Waals surface area (Å²) in [5.74, 6) is 0.691. The van der Waals surface area contributed by atoms with Crippen molar-refractivity contribution >= 4 is 12.6 Å². The third-order valence-corrected chi connectivity index (χ3v) is 1.09. The van der Waals surface area contributed by atoms with E-state index in [1.807, 2.05) is 6.07 Å². The van der Waals surface area contributed by atoms with Crippen LogP contribution < -0.4 is 0 Å². The summed E-state index contributed by atoms with van der Waals surface area (Å²) in [6.45, 7) is 5.26. The Balaban J connectivity index is 4.09. The number of hydrogen-bond donors (Lipinski definition) is 0. The topological polar surface area (TPSA) is 51.8 Å². The van der Waals surface area contributed by atoms with E-state index in [4.69, 9.17) is 5.26 Å². The lowest BCUT2D eigenvalue weighted by Gasteiger charge is -2.11. The number of hydrogen-bond acceptors (Lipinski definition) is 3. The number of aliphatic imine (C=N–C) groups is 1. The first-order valence-electron chi connectivity index (χ1n) is 2.80. The average Bonchev–Trinajstić information content (AvgIpc) is 1.99. The number of nitriles is 1. The van der Waals surface area contributed by atoms with E-state index in [-0.39, 0.29) is 6.54 Å². The second kappa shape index (κ2) is 4.50. The second-order valence-corrected chi connectivity index (χ2v) is 1.63. The highest BCUT2D eigenvalue weighted by atomic mass is 15.5. The number of rotatable bonds is 2. The van der Waals surface area contributed by atoms with E-state index in [0.29, 0.717) is 5.84 Å². The fourth-order valence-electron chi connectivity index (χ4n) is 0.449. The first-order chi connectivity index (χ1) is 4.76. The zero-order valence-electron chi connectivity index (χ0n) is 6.20. The molecule has 0 aromatic heterocycles. The van der Waals surface area contributed by atoms with Crippen molar-refractivity contribution in [2.75, 3.05) is 13.6 Å². The lowest BCUT2D eigenvalue weighted by molar-refractivity contribution is 0.500. The van der Waals surface area contributed by atoms with Crippen LogP contribution in [0.2, 0.25) is 0 Å². The van der Waals surface area contributed by atoms with Gasteiger partial charge in [0, 0.05) is 13.8 Å². The highest BCUT2D eigenvalue weighted by molar-refractivity contribution is 5.79. The zero-order valence-corrected chi connectivity index (χ0v) is 6.20. The molecule has 4 nitrogen and oxygen atoms in total. The molecule has 54 valence electrons. The Morgan fingerprint density at radius 1 is 1.80 bits per heavy atom. The maximum absolute atomic E-state index is 8.28. The van der Waals surface area contributed by atoms with Gasteiger partial charge in [-0.05, 0) is 6.92 Å². The Bertz CT molecular complexity index is 177. The first-order valence-corrected chi connectivity index (χ1v) is 2.80. The van der Waals surface area contributed by atoms with Gasteiger partial charge in [0.2, 0.25) is 0 Å². The SMILES string of the molecule is C=NN(CC#N)C(C)=NC. The molecule has 0 saturated heterocycles. The molecule has 0 radical (unpaired) electrons. The van der Waals surface area contributed by atoms with Crippen LogP contribution in [0.5, 0.6) is 0 Å². The third kappa shape index (κ3) is 2.27. The van der Waals surface area contributed by atoms with Crippen LogP contribution in [0, 0.1) is 11.3 Å². The van der Waals surface area contributed by atoms with E-state index in [0.717, 1.165) is 0 Å². The summed E-state index contributed by atoms with van der Waals surface area (Å²) >= 11 is 0. The molecule has 0 bridgehead atoms. The highest BCUT2D eigenvalue weighted by Gasteiger charge is 1.99. The van der Waals surface area contributed by atoms with Crippen molar-refractivity contribution in [1.29, 1.82) is 5.26 Å². The third-order valence-electron chi connectivity index (χ3n) is 1.09. The average molecular weight is 138 g/mol. The van der Waals surface area contributed by atoms with Crippen molar-refractivity contribution in [1.82, 2.24) is 5.01 Å². The van der Waals surface area contributed by atoms with Crippen LogP contribution in [0.4, 0.5) is 0 Å². The minimum Gasteiger partial charge on any atom is -0.274 e. The fraction of sp³-hybridized carbons (Fsp3) is 0.500. The summed E-state index contributed by atoms with van der Waals surface area (Å²) in [6, 6.07) is 1.95. The maximum atomic E-state index is 8.28. The standard InChI is InChI=1S/C6H10N4/c1-6(8-2)10(9-3)5-4-7/h3,5H2,1-2H3. The molecule has 0 aliphatic carbocycles. The monoisotopic (exact) mass is 138 g/mol. The van der Waals surface area contributed by atoms with Crippen LogP contribution in [-0.4, -0.2) is 31.2 Å². The quantitative estimate of drug-likeness (QED) is 0.241. The number of amidine groups is 1. The normalized spacial score (nSPS) is 10.3. The number of nitrogens with zero attached hydrogens (tertiary/aromatic N) is 4. The van der Waals surface area contributed by atoms with Crippen molar-refractivity contribution < 1.29 is 0 Å². The van der Waals surface area contributed by atoms with Gasteiger partial charge in [-0.15, -0.1) is 0 Å². The largest absolute Gasteiger partial charge is 0.274 e. The molecule has 4 heteroatoms. The summed E-state index contributed by atoms with van der Waals surface area (Å²) in [5.41, 5.74) is 0. The summed E-state index contributed by atoms with van der Waals surface area (Å²) in [7, 11) is 1.64. The van der Waals surface area contributed by atoms with E-state index >= 15 is 0 Å². The predicted molar refractivity (Wildman–Crippen MR) is 40.9 cm³/mol. The highest BCUT2D eigenvalue weighted by Crippen LogP contribution is 1.89. The van der Waals surface area contributed by atoms with Crippen LogP contribution in [0.3, 0.4) is 0 Å². The van der Waals surface area contributed by atoms with Crippen molar-refractivity contribution in [3.8, 4) is 6.07 Å². The van der Waals surface area contributed by atoms with E-state index < -0.39 is 0 Å². The van der Waals surface area contributed by atoms with E-state index in [2.05, 4.69) is 16.8 Å². The Hall–Kier alpha value is -1.37. The minimum absolute atomic E-state index is 0.201. The summed E-state index contributed by atoms with van der Waals surface area (Å²) < 4.78 is 0. The van der Waals surface area contributed by atoms with Gasteiger partial charge in [0.1, 0.15) is 12.4 Å². The van der Waals surface area contributed by atoms with Gasteiger partial charge in [0.05, 0.1) is 6.07 Å². The lowest BCUT2D eigenvalue weighted by Crippen LogP contribution is -2.22. The lowest BCUT2D eigenvalue weighted by atomic mass is 10.6. The summed E-state index contributed by atoms with van der Waals surface area (Å²) in [5, 5.41) is 13.3. The first kappa shape index (κ1) is 8.63. The molecule has 0 unspecified atom stereocenters. The van der Waals surface area contributed by atoms with Gasteiger partial charge in [-0.2, -0.15) is 10.4 Å². The zero-order chi connectivity index (χ0) is 7.98. The molecule has 0 aromatic carbocycles. The smallest absolute Gasteiger partial charge is 0.130 e. The van der Waals surface area contributed by atoms with E-state index in [1.54, 1.807) is 14.0 Å². The molecule has 0 aliphatic heterocycles. The minimum atomic E-state index is 0.201. The van der Waals surface area contributed by atoms with Gasteiger partial charge in [0.25, 0.3) is 0 Å². The van der Waals surface area contributed by atoms with Gasteiger partial charge < -0.3 is 0 Å². The van der Waals surface area contributed by atoms with Gasteiger partial charge in [0.15, 0.2) is 0 Å². The van der Waals surface area contributed by atoms with Crippen molar-refractivity contribution in [2.24, 2.45) is 10.1 Å². The molecule has 0 aromatic rings. The molecular weight excluding hydrogens is 128 g/mol. The molecule has 0 aliphatic rings. The van der Waals surface area contributed by atoms with Crippen LogP contribution in [-0.2, 0) is 0 Å². The summed E-state index contributed by atoms with van der Waals surface area (Å²) in [6.07, 6.45) is 0. The van der Waals surface area contributed by atoms with Crippen LogP contribution in [0.15, 0.2) is 10.1 Å². The van der Waals surface area contributed by atoms with E-state index in [1.165, 1.54) is 5.01 Å². The van der Waals surface area contributed by atoms with Gasteiger partial charge in [-0.1, -0.05) is 0 Å². The van der Waals surface area contributed by atoms with Crippen molar-refractivity contribution in [3.63, 3.8) is 0 Å². The summed E-state index contributed by atoms with van der Waals surface area (Å²) in [4.78, 5) is 3.84. The van der Waals surface area contributed by atoms with Gasteiger partial charge >= 0.3 is 0 Å². The van der Waals surface area contributed by atoms with Crippen LogP contribution >= 0.6 is 0 Å². The molecular formula is C6H10N4. The Morgan fingerprint density at radius 3 is 2.70 bits per heavy atom. The number of hydrazone groups is 1. The molecule has 10 heavy (non-hydrogen) atoms. The van der Waals surface area contributed by atoms with Gasteiger partial charge in [-0.3, -0.25) is 4.99 Å². The molecule has 0 atom stereocenters. The Labute approximate surface area is 60.5 Å². The molecule has 0 saturated carbocycles. The van der Waals surface area contributed by atoms with Crippen molar-refractivity contribution in [2.45, 2.75) is 6.92 Å². The predicted octanol–water partition coefficient (Wildman–Crippen LogP) is 0.476. The fourth-order valence-corrected chi connectivity index (χ4v) is 0.449.